The van der Waals surface area contributed by atoms with E-state index in [0.717, 1.165) is 36.8 Å². The maximum Gasteiger partial charge on any atom is 0.198 e. The normalized spacial score (nSPS) is 15.1. The molecule has 0 bridgehead atoms. The van der Waals surface area contributed by atoms with Crippen LogP contribution in [0.2, 0.25) is 0 Å². The molecule has 0 spiro atoms. The first-order valence-corrected chi connectivity index (χ1v) is 11.2. The van der Waals surface area contributed by atoms with E-state index in [1.165, 1.54) is 0 Å². The van der Waals surface area contributed by atoms with Crippen molar-refractivity contribution >= 4 is 12.2 Å². The van der Waals surface area contributed by atoms with Gasteiger partial charge in [0.1, 0.15) is 6.61 Å². The Morgan fingerprint density at radius 1 is 1.12 bits per heavy atom. The molecule has 1 aromatic heterocycles. The zero-order valence-corrected chi connectivity index (χ0v) is 20.0. The Kier molecular flexibility index (Phi) is 7.08. The van der Waals surface area contributed by atoms with E-state index in [2.05, 4.69) is 30.0 Å². The van der Waals surface area contributed by atoms with Crippen LogP contribution in [-0.2, 0) is 20.3 Å². The SMILES string of the molecule is CN(C)CCN(Cc1ccc(C#N)cc1)Cn1nc([C@@H]2COc3ccccc3O2)n(C)c1=S. The van der Waals surface area contributed by atoms with Crippen molar-refractivity contribution in [1.82, 2.24) is 24.1 Å². The van der Waals surface area contributed by atoms with Crippen molar-refractivity contribution in [3.8, 4) is 17.6 Å². The molecule has 0 N–H and O–H groups in total. The van der Waals surface area contributed by atoms with Crippen LogP contribution in [0.1, 0.15) is 23.1 Å². The predicted octanol–water partition coefficient (Wildman–Crippen LogP) is 3.36. The van der Waals surface area contributed by atoms with Crippen molar-refractivity contribution < 1.29 is 9.47 Å². The maximum absolute atomic E-state index is 9.06. The Bertz CT molecular complexity index is 1190. The summed E-state index contributed by atoms with van der Waals surface area (Å²) in [5, 5.41) is 13.9. The molecule has 2 heterocycles. The predicted molar refractivity (Wildman–Crippen MR) is 127 cm³/mol. The molecule has 4 rings (SSSR count). The van der Waals surface area contributed by atoms with E-state index in [-0.39, 0.29) is 6.10 Å². The van der Waals surface area contributed by atoms with E-state index < -0.39 is 0 Å². The number of likely N-dealkylation sites (N-methyl/N-ethyl adjacent to an activating group) is 1. The van der Waals surface area contributed by atoms with Crippen LogP contribution in [0, 0.1) is 16.1 Å². The van der Waals surface area contributed by atoms with Gasteiger partial charge in [0.2, 0.25) is 0 Å². The zero-order chi connectivity index (χ0) is 23.4. The molecule has 33 heavy (non-hydrogen) atoms. The van der Waals surface area contributed by atoms with Crippen LogP contribution in [0.25, 0.3) is 0 Å². The van der Waals surface area contributed by atoms with Crippen LogP contribution in [0.5, 0.6) is 11.5 Å². The van der Waals surface area contributed by atoms with E-state index >= 15 is 0 Å². The number of para-hydroxylation sites is 2. The molecule has 0 saturated heterocycles. The summed E-state index contributed by atoms with van der Waals surface area (Å²) in [5.41, 5.74) is 1.79. The van der Waals surface area contributed by atoms with Gasteiger partial charge in [0.25, 0.3) is 0 Å². The van der Waals surface area contributed by atoms with Crippen LogP contribution in [0.3, 0.4) is 0 Å². The maximum atomic E-state index is 9.06. The number of rotatable bonds is 8. The third-order valence-corrected chi connectivity index (χ3v) is 6.04. The van der Waals surface area contributed by atoms with Gasteiger partial charge in [-0.2, -0.15) is 10.4 Å². The van der Waals surface area contributed by atoms with Crippen molar-refractivity contribution in [3.63, 3.8) is 0 Å². The van der Waals surface area contributed by atoms with Gasteiger partial charge < -0.3 is 18.9 Å². The Morgan fingerprint density at radius 2 is 1.85 bits per heavy atom. The summed E-state index contributed by atoms with van der Waals surface area (Å²) < 4.78 is 16.4. The fourth-order valence-electron chi connectivity index (χ4n) is 3.70. The number of fused-ring (bicyclic) bond motifs is 1. The van der Waals surface area contributed by atoms with Crippen molar-refractivity contribution in [2.75, 3.05) is 33.8 Å². The topological polar surface area (TPSA) is 71.5 Å². The average molecular weight is 465 g/mol. The zero-order valence-electron chi connectivity index (χ0n) is 19.1. The van der Waals surface area contributed by atoms with Gasteiger partial charge >= 0.3 is 0 Å². The van der Waals surface area contributed by atoms with Gasteiger partial charge in [0.05, 0.1) is 18.3 Å². The number of aromatic nitrogens is 3. The van der Waals surface area contributed by atoms with Gasteiger partial charge in [-0.05, 0) is 56.1 Å². The number of hydrogen-bond acceptors (Lipinski definition) is 7. The van der Waals surface area contributed by atoms with Gasteiger partial charge in [-0.15, -0.1) is 0 Å². The molecular formula is C24H28N6O2S. The monoisotopic (exact) mass is 464 g/mol. The number of ether oxygens (including phenoxy) is 2. The number of nitrogens with zero attached hydrogens (tertiary/aromatic N) is 6. The van der Waals surface area contributed by atoms with Gasteiger partial charge in [-0.3, -0.25) is 4.90 Å². The molecule has 3 aromatic rings. The smallest absolute Gasteiger partial charge is 0.198 e. The highest BCUT2D eigenvalue weighted by Crippen LogP contribution is 2.35. The van der Waals surface area contributed by atoms with Crippen molar-refractivity contribution in [3.05, 3.63) is 70.3 Å². The van der Waals surface area contributed by atoms with Crippen LogP contribution in [-0.4, -0.2) is 57.9 Å². The third kappa shape index (κ3) is 5.42. The lowest BCUT2D eigenvalue weighted by molar-refractivity contribution is 0.0819. The summed E-state index contributed by atoms with van der Waals surface area (Å²) in [4.78, 5) is 4.45. The molecule has 9 heteroatoms. The summed E-state index contributed by atoms with van der Waals surface area (Å²) in [6.45, 7) is 3.40. The molecule has 0 aliphatic carbocycles. The van der Waals surface area contributed by atoms with Crippen LogP contribution < -0.4 is 9.47 Å². The van der Waals surface area contributed by atoms with Crippen LogP contribution >= 0.6 is 12.2 Å². The minimum Gasteiger partial charge on any atom is -0.485 e. The van der Waals surface area contributed by atoms with Gasteiger partial charge in [0.15, 0.2) is 28.2 Å². The highest BCUT2D eigenvalue weighted by molar-refractivity contribution is 7.71. The second-order valence-corrected chi connectivity index (χ2v) is 8.73. The Hall–Kier alpha value is -3.19. The van der Waals surface area contributed by atoms with E-state index in [4.69, 9.17) is 32.1 Å². The second kappa shape index (κ2) is 10.2. The molecule has 1 atom stereocenters. The molecule has 0 radical (unpaired) electrons. The number of benzene rings is 2. The molecule has 1 aliphatic heterocycles. The molecule has 1 aliphatic rings. The largest absolute Gasteiger partial charge is 0.485 e. The van der Waals surface area contributed by atoms with E-state index in [1.54, 1.807) is 0 Å². The minimum absolute atomic E-state index is 0.332. The quantitative estimate of drug-likeness (QED) is 0.474. The van der Waals surface area contributed by atoms with Crippen molar-refractivity contribution in [2.24, 2.45) is 7.05 Å². The lowest BCUT2D eigenvalue weighted by Crippen LogP contribution is -2.33. The summed E-state index contributed by atoms with van der Waals surface area (Å²) in [5.74, 6) is 2.19. The first-order valence-electron chi connectivity index (χ1n) is 10.8. The average Bonchev–Trinajstić information content (AvgIpc) is 3.11. The van der Waals surface area contributed by atoms with Crippen molar-refractivity contribution in [2.45, 2.75) is 19.3 Å². The first kappa shape index (κ1) is 23.0. The Morgan fingerprint density at radius 3 is 2.55 bits per heavy atom. The van der Waals surface area contributed by atoms with Crippen molar-refractivity contribution in [1.29, 1.82) is 5.26 Å². The van der Waals surface area contributed by atoms with E-state index in [9.17, 15) is 0 Å². The highest BCUT2D eigenvalue weighted by atomic mass is 32.1. The standard InChI is InChI=1S/C24H28N6O2S/c1-27(2)12-13-29(15-19-10-8-18(14-25)9-11-19)17-30-24(33)28(3)23(26-30)22-16-31-20-6-4-5-7-21(20)32-22/h4-11,22H,12-13,15-17H2,1-3H3/t22-/m0/s1. The molecule has 172 valence electrons. The molecule has 0 amide bonds. The Labute approximate surface area is 199 Å². The highest BCUT2D eigenvalue weighted by Gasteiger charge is 2.27. The summed E-state index contributed by atoms with van der Waals surface area (Å²) in [7, 11) is 6.03. The molecule has 8 nitrogen and oxygen atoms in total. The van der Waals surface area contributed by atoms with Crippen LogP contribution in [0.4, 0.5) is 0 Å². The van der Waals surface area contributed by atoms with Gasteiger partial charge in [-0.1, -0.05) is 24.3 Å². The first-order chi connectivity index (χ1) is 15.9. The molecule has 0 saturated carbocycles. The third-order valence-electron chi connectivity index (χ3n) is 5.56. The molecule has 0 unspecified atom stereocenters. The molecule has 0 fully saturated rings. The van der Waals surface area contributed by atoms with Gasteiger partial charge in [0, 0.05) is 26.7 Å². The van der Waals surface area contributed by atoms with E-state index in [1.807, 2.05) is 64.8 Å². The second-order valence-electron chi connectivity index (χ2n) is 8.37. The minimum atomic E-state index is -0.332. The lowest BCUT2D eigenvalue weighted by atomic mass is 10.1. The lowest BCUT2D eigenvalue weighted by Gasteiger charge is -2.25. The summed E-state index contributed by atoms with van der Waals surface area (Å²) in [6.07, 6.45) is -0.332. The Balaban J connectivity index is 1.53. The fourth-order valence-corrected chi connectivity index (χ4v) is 3.89. The number of hydrogen-bond donors (Lipinski definition) is 0. The van der Waals surface area contributed by atoms with Gasteiger partial charge in [-0.25, -0.2) is 4.68 Å². The summed E-state index contributed by atoms with van der Waals surface area (Å²) in [6, 6.07) is 17.5. The summed E-state index contributed by atoms with van der Waals surface area (Å²) >= 11 is 5.71. The molecular weight excluding hydrogens is 436 g/mol. The molecule has 2 aromatic carbocycles. The van der Waals surface area contributed by atoms with E-state index in [0.29, 0.717) is 29.4 Å². The van der Waals surface area contributed by atoms with Crippen LogP contribution in [0.15, 0.2) is 48.5 Å². The number of nitriles is 1. The fraction of sp³-hybridized carbons (Fsp3) is 0.375.